The molecule has 8 nitrogen and oxygen atoms in total. The summed E-state index contributed by atoms with van der Waals surface area (Å²) in [5, 5.41) is 4.96. The molecule has 0 aliphatic heterocycles. The maximum Gasteiger partial charge on any atom is 0.343 e. The summed E-state index contributed by atoms with van der Waals surface area (Å²) in [6, 6.07) is 7.09. The fourth-order valence-electron chi connectivity index (χ4n) is 3.07. The van der Waals surface area contributed by atoms with Gasteiger partial charge in [0, 0.05) is 20.4 Å². The lowest BCUT2D eigenvalue weighted by molar-refractivity contribution is -0.142. The van der Waals surface area contributed by atoms with E-state index in [2.05, 4.69) is 57.6 Å². The highest BCUT2D eigenvalue weighted by Gasteiger charge is 2.19. The number of benzene rings is 2. The van der Waals surface area contributed by atoms with E-state index in [1.807, 2.05) is 26.0 Å². The fraction of sp³-hybridized carbons (Fsp3) is 0.304. The Hall–Kier alpha value is -2.24. The van der Waals surface area contributed by atoms with Crippen molar-refractivity contribution in [2.45, 2.75) is 26.2 Å². The summed E-state index contributed by atoms with van der Waals surface area (Å²) in [4.78, 5) is 29.5. The zero-order chi connectivity index (χ0) is 25.0. The Morgan fingerprint density at radius 2 is 1.94 bits per heavy atom. The first-order valence-electron chi connectivity index (χ1n) is 10.2. The third-order valence-corrected chi connectivity index (χ3v) is 7.77. The largest absolute Gasteiger partial charge is 0.493 e. The average molecular weight is 660 g/mol. The van der Waals surface area contributed by atoms with E-state index in [9.17, 15) is 9.59 Å². The van der Waals surface area contributed by atoms with Crippen LogP contribution < -0.4 is 15.0 Å². The monoisotopic (exact) mass is 657 g/mol. The van der Waals surface area contributed by atoms with E-state index in [4.69, 9.17) is 14.5 Å². The van der Waals surface area contributed by atoms with Crippen LogP contribution in [0.5, 0.6) is 11.5 Å². The topological polar surface area (TPSA) is 92.0 Å². The predicted octanol–water partition coefficient (Wildman–Crippen LogP) is 5.64. The first-order valence-corrected chi connectivity index (χ1v) is 12.6. The summed E-state index contributed by atoms with van der Waals surface area (Å²) in [7, 11) is 2.77. The molecule has 34 heavy (non-hydrogen) atoms. The lowest BCUT2D eigenvalue weighted by Gasteiger charge is -2.15. The van der Waals surface area contributed by atoms with Gasteiger partial charge in [-0.1, -0.05) is 29.8 Å². The zero-order valence-electron chi connectivity index (χ0n) is 18.9. The Morgan fingerprint density at radius 1 is 1.21 bits per heavy atom. The maximum absolute atomic E-state index is 13.3. The fourth-order valence-corrected chi connectivity index (χ4v) is 4.37. The molecule has 0 bridgehead atoms. The number of fused-ring (bicyclic) bond motifs is 1. The minimum atomic E-state index is -0.525. The smallest absolute Gasteiger partial charge is 0.343 e. The molecule has 1 heterocycles. The van der Waals surface area contributed by atoms with Gasteiger partial charge in [0.05, 0.1) is 35.8 Å². The van der Waals surface area contributed by atoms with Crippen LogP contribution >= 0.6 is 47.8 Å². The summed E-state index contributed by atoms with van der Waals surface area (Å²) in [6.07, 6.45) is 2.33. The minimum absolute atomic E-state index is 0.0108. The van der Waals surface area contributed by atoms with Gasteiger partial charge in [0.25, 0.3) is 5.56 Å². The van der Waals surface area contributed by atoms with Gasteiger partial charge in [0.2, 0.25) is 0 Å². The second-order valence-corrected chi connectivity index (χ2v) is 9.79. The summed E-state index contributed by atoms with van der Waals surface area (Å²) in [5.74, 6) is 0.751. The van der Waals surface area contributed by atoms with E-state index >= 15 is 0 Å². The van der Waals surface area contributed by atoms with Gasteiger partial charge in [-0.25, -0.2) is 9.78 Å². The van der Waals surface area contributed by atoms with Crippen LogP contribution in [0.3, 0.4) is 0 Å². The number of carbonyl (C=O) groups is 1. The molecule has 11 heteroatoms. The van der Waals surface area contributed by atoms with Gasteiger partial charge in [0.1, 0.15) is 5.82 Å². The highest BCUT2D eigenvalue weighted by Crippen LogP contribution is 2.42. The quantitative estimate of drug-likeness (QED) is 0.230. The molecule has 0 aliphatic rings. The van der Waals surface area contributed by atoms with Crippen molar-refractivity contribution in [1.29, 1.82) is 0 Å². The summed E-state index contributed by atoms with van der Waals surface area (Å²) in [5.41, 5.74) is 0.969. The molecule has 1 aromatic heterocycles. The molecular weight excluding hydrogens is 638 g/mol. The highest BCUT2D eigenvalue weighted by molar-refractivity contribution is 9.13. The Bertz CT molecular complexity index is 1320. The van der Waals surface area contributed by atoms with Crippen molar-refractivity contribution in [2.75, 3.05) is 20.8 Å². The summed E-state index contributed by atoms with van der Waals surface area (Å²) < 4.78 is 18.9. The van der Waals surface area contributed by atoms with E-state index in [0.29, 0.717) is 42.7 Å². The lowest BCUT2D eigenvalue weighted by Crippen LogP contribution is -2.23. The van der Waals surface area contributed by atoms with Gasteiger partial charge in [-0.05, 0) is 62.5 Å². The molecule has 0 N–H and O–H groups in total. The third kappa shape index (κ3) is 5.52. The number of hydrogen-bond acceptors (Lipinski definition) is 7. The maximum atomic E-state index is 13.3. The van der Waals surface area contributed by atoms with E-state index in [1.165, 1.54) is 18.9 Å². The number of esters is 1. The third-order valence-electron chi connectivity index (χ3n) is 5.14. The van der Waals surface area contributed by atoms with Gasteiger partial charge in [-0.15, -0.1) is 0 Å². The van der Waals surface area contributed by atoms with Gasteiger partial charge >= 0.3 is 5.97 Å². The number of hydrogen-bond donors (Lipinski definition) is 0. The Balaban J connectivity index is 2.12. The predicted molar refractivity (Wildman–Crippen MR) is 141 cm³/mol. The van der Waals surface area contributed by atoms with Crippen LogP contribution in [0.1, 0.15) is 37.6 Å². The molecule has 0 radical (unpaired) electrons. The molecule has 3 aromatic rings. The number of halogens is 3. The number of methoxy groups -OCH3 is 2. The SMILES string of the molecule is CC[C@H](C)c1nc2ccc(Br)cc2c(=O)n1N=Cc1cc(OC)c(OCC(=O)OC)c(Br)c1Br. The first kappa shape index (κ1) is 26.4. The van der Waals surface area contributed by atoms with Gasteiger partial charge in [-0.2, -0.15) is 9.78 Å². The molecule has 0 spiro atoms. The summed E-state index contributed by atoms with van der Waals surface area (Å²) >= 11 is 10.4. The number of aromatic nitrogens is 2. The van der Waals surface area contributed by atoms with Crippen molar-refractivity contribution in [1.82, 2.24) is 9.66 Å². The molecule has 180 valence electrons. The average Bonchev–Trinajstić information content (AvgIpc) is 2.84. The van der Waals surface area contributed by atoms with Crippen LogP contribution in [-0.4, -0.2) is 42.7 Å². The van der Waals surface area contributed by atoms with E-state index in [0.717, 1.165) is 10.9 Å². The normalized spacial score (nSPS) is 12.2. The number of nitrogens with zero attached hydrogens (tertiary/aromatic N) is 3. The van der Waals surface area contributed by atoms with Crippen LogP contribution in [-0.2, 0) is 9.53 Å². The van der Waals surface area contributed by atoms with E-state index < -0.39 is 5.97 Å². The Kier molecular flexibility index (Phi) is 8.89. The van der Waals surface area contributed by atoms with Crippen LogP contribution in [0, 0.1) is 0 Å². The zero-order valence-corrected chi connectivity index (χ0v) is 23.7. The van der Waals surface area contributed by atoms with Gasteiger partial charge in [-0.3, -0.25) is 4.79 Å². The van der Waals surface area contributed by atoms with E-state index in [1.54, 1.807) is 18.3 Å². The molecular formula is C23H22Br3N3O5. The number of rotatable bonds is 8. The van der Waals surface area contributed by atoms with Gasteiger partial charge < -0.3 is 14.2 Å². The van der Waals surface area contributed by atoms with Crippen molar-refractivity contribution in [2.24, 2.45) is 5.10 Å². The molecule has 0 unspecified atom stereocenters. The number of ether oxygens (including phenoxy) is 3. The molecule has 3 rings (SSSR count). The van der Waals surface area contributed by atoms with Crippen molar-refractivity contribution < 1.29 is 19.0 Å². The van der Waals surface area contributed by atoms with Crippen LogP contribution in [0.15, 0.2) is 47.6 Å². The molecule has 0 saturated heterocycles. The van der Waals surface area contributed by atoms with Crippen LogP contribution in [0.4, 0.5) is 0 Å². The first-order chi connectivity index (χ1) is 16.2. The van der Waals surface area contributed by atoms with E-state index in [-0.39, 0.29) is 18.1 Å². The molecule has 2 aromatic carbocycles. The Labute approximate surface area is 221 Å². The second kappa shape index (κ2) is 11.5. The molecule has 0 aliphatic carbocycles. The minimum Gasteiger partial charge on any atom is -0.493 e. The van der Waals surface area contributed by atoms with Crippen LogP contribution in [0.2, 0.25) is 0 Å². The second-order valence-electron chi connectivity index (χ2n) is 7.29. The Morgan fingerprint density at radius 3 is 2.59 bits per heavy atom. The van der Waals surface area contributed by atoms with Crippen molar-refractivity contribution >= 4 is 70.9 Å². The standard InChI is InChI=1S/C23H22Br3N3O5/c1-5-12(2)22-28-16-7-6-14(24)9-15(16)23(31)29(22)27-10-13-8-17(32-3)21(20(26)19(13)25)34-11-18(30)33-4/h6-10,12H,5,11H2,1-4H3/t12-/m0/s1. The van der Waals surface area contributed by atoms with Crippen LogP contribution in [0.25, 0.3) is 10.9 Å². The van der Waals surface area contributed by atoms with Gasteiger partial charge in [0.15, 0.2) is 18.1 Å². The van der Waals surface area contributed by atoms with Crippen molar-refractivity contribution in [3.05, 3.63) is 59.4 Å². The molecule has 0 amide bonds. The molecule has 1 atom stereocenters. The number of carbonyl (C=O) groups excluding carboxylic acids is 1. The van der Waals surface area contributed by atoms with Crippen molar-refractivity contribution in [3.63, 3.8) is 0 Å². The highest BCUT2D eigenvalue weighted by atomic mass is 79.9. The van der Waals surface area contributed by atoms with Crippen molar-refractivity contribution in [3.8, 4) is 11.5 Å². The molecule has 0 fully saturated rings. The molecule has 0 saturated carbocycles. The lowest BCUT2D eigenvalue weighted by atomic mass is 10.1. The summed E-state index contributed by atoms with van der Waals surface area (Å²) in [6.45, 7) is 3.75.